The first-order valence-corrected chi connectivity index (χ1v) is 4.13. The van der Waals surface area contributed by atoms with Crippen molar-refractivity contribution in [2.24, 2.45) is 5.73 Å². The summed E-state index contributed by atoms with van der Waals surface area (Å²) in [6, 6.07) is 1.34. The molecule has 0 aliphatic carbocycles. The second kappa shape index (κ2) is 3.89. The van der Waals surface area contributed by atoms with Gasteiger partial charge in [-0.25, -0.2) is 9.37 Å². The second-order valence-corrected chi connectivity index (χ2v) is 3.18. The summed E-state index contributed by atoms with van der Waals surface area (Å²) < 4.78 is 18.1. The maximum absolute atomic E-state index is 13.3. The van der Waals surface area contributed by atoms with Crippen LogP contribution < -0.4 is 10.5 Å². The van der Waals surface area contributed by atoms with E-state index in [-0.39, 0.29) is 18.0 Å². The minimum Gasteiger partial charge on any atom is -0.481 e. The first kappa shape index (κ1) is 10.9. The molecule has 0 aliphatic rings. The van der Waals surface area contributed by atoms with Crippen LogP contribution in [0.3, 0.4) is 0 Å². The van der Waals surface area contributed by atoms with E-state index in [1.807, 2.05) is 0 Å². The van der Waals surface area contributed by atoms with Crippen molar-refractivity contribution >= 4 is 0 Å². The van der Waals surface area contributed by atoms with Gasteiger partial charge in [-0.1, -0.05) is 0 Å². The number of ether oxygens (including phenoxy) is 1. The van der Waals surface area contributed by atoms with E-state index < -0.39 is 11.4 Å². The van der Waals surface area contributed by atoms with Crippen molar-refractivity contribution in [3.05, 3.63) is 23.6 Å². The molecule has 0 saturated heterocycles. The number of halogens is 1. The average molecular weight is 200 g/mol. The standard InChI is InChI=1S/C9H13FN2O2/c1-9(13,5-11)6-3-8(14-2)12-4-7(6)10/h3-4,13H,5,11H2,1-2H3. The van der Waals surface area contributed by atoms with Gasteiger partial charge in [-0.15, -0.1) is 0 Å². The van der Waals surface area contributed by atoms with Crippen molar-refractivity contribution in [1.29, 1.82) is 0 Å². The van der Waals surface area contributed by atoms with E-state index in [2.05, 4.69) is 4.98 Å². The van der Waals surface area contributed by atoms with Gasteiger partial charge in [-0.05, 0) is 6.92 Å². The lowest BCUT2D eigenvalue weighted by molar-refractivity contribution is 0.0624. The molecule has 1 aromatic heterocycles. The maximum Gasteiger partial charge on any atom is 0.213 e. The summed E-state index contributed by atoms with van der Waals surface area (Å²) in [6.45, 7) is 1.36. The van der Waals surface area contributed by atoms with Crippen molar-refractivity contribution in [2.45, 2.75) is 12.5 Å². The van der Waals surface area contributed by atoms with Crippen LogP contribution in [0, 0.1) is 5.82 Å². The van der Waals surface area contributed by atoms with Gasteiger partial charge in [-0.2, -0.15) is 0 Å². The van der Waals surface area contributed by atoms with Gasteiger partial charge in [0.1, 0.15) is 11.4 Å². The number of rotatable bonds is 3. The lowest BCUT2D eigenvalue weighted by Crippen LogP contribution is -2.32. The smallest absolute Gasteiger partial charge is 0.213 e. The Balaban J connectivity index is 3.18. The lowest BCUT2D eigenvalue weighted by atomic mass is 9.97. The monoisotopic (exact) mass is 200 g/mol. The zero-order valence-electron chi connectivity index (χ0n) is 8.12. The third-order valence-corrected chi connectivity index (χ3v) is 2.02. The Morgan fingerprint density at radius 1 is 1.71 bits per heavy atom. The molecule has 0 fully saturated rings. The molecule has 0 radical (unpaired) electrons. The quantitative estimate of drug-likeness (QED) is 0.740. The van der Waals surface area contributed by atoms with Crippen LogP contribution in [0.25, 0.3) is 0 Å². The van der Waals surface area contributed by atoms with E-state index in [4.69, 9.17) is 10.5 Å². The summed E-state index contributed by atoms with van der Waals surface area (Å²) in [5, 5.41) is 9.75. The Morgan fingerprint density at radius 3 is 2.86 bits per heavy atom. The number of aromatic nitrogens is 1. The van der Waals surface area contributed by atoms with E-state index >= 15 is 0 Å². The molecule has 0 amide bonds. The molecule has 0 spiro atoms. The van der Waals surface area contributed by atoms with Crippen molar-refractivity contribution in [1.82, 2.24) is 4.98 Å². The van der Waals surface area contributed by atoms with Crippen LogP contribution in [0.2, 0.25) is 0 Å². The van der Waals surface area contributed by atoms with Crippen LogP contribution in [0.1, 0.15) is 12.5 Å². The number of nitrogens with two attached hydrogens (primary N) is 1. The summed E-state index contributed by atoms with van der Waals surface area (Å²) >= 11 is 0. The molecular weight excluding hydrogens is 187 g/mol. The van der Waals surface area contributed by atoms with E-state index in [0.717, 1.165) is 6.20 Å². The third-order valence-electron chi connectivity index (χ3n) is 2.02. The highest BCUT2D eigenvalue weighted by molar-refractivity contribution is 5.27. The highest BCUT2D eigenvalue weighted by Crippen LogP contribution is 2.24. The van der Waals surface area contributed by atoms with Gasteiger partial charge >= 0.3 is 0 Å². The molecule has 0 aromatic carbocycles. The molecule has 0 saturated carbocycles. The Labute approximate surface area is 81.5 Å². The van der Waals surface area contributed by atoms with Crippen molar-refractivity contribution < 1.29 is 14.2 Å². The van der Waals surface area contributed by atoms with Gasteiger partial charge < -0.3 is 15.6 Å². The highest BCUT2D eigenvalue weighted by Gasteiger charge is 2.25. The number of pyridine rings is 1. The number of methoxy groups -OCH3 is 1. The van der Waals surface area contributed by atoms with Crippen LogP contribution in [-0.2, 0) is 5.60 Å². The summed E-state index contributed by atoms with van der Waals surface area (Å²) in [5.41, 5.74) is 4.01. The molecule has 3 N–H and O–H groups in total. The van der Waals surface area contributed by atoms with E-state index in [9.17, 15) is 9.50 Å². The van der Waals surface area contributed by atoms with Crippen LogP contribution >= 0.6 is 0 Å². The summed E-state index contributed by atoms with van der Waals surface area (Å²) in [7, 11) is 1.42. The Bertz CT molecular complexity index is 329. The fraction of sp³-hybridized carbons (Fsp3) is 0.444. The van der Waals surface area contributed by atoms with E-state index in [0.29, 0.717) is 0 Å². The SMILES string of the molecule is COc1cc(C(C)(O)CN)c(F)cn1. The Hall–Kier alpha value is -1.20. The minimum absolute atomic E-state index is 0.0723. The van der Waals surface area contributed by atoms with Gasteiger partial charge in [0.25, 0.3) is 0 Å². The van der Waals surface area contributed by atoms with Crippen LogP contribution in [-0.4, -0.2) is 23.7 Å². The van der Waals surface area contributed by atoms with E-state index in [1.54, 1.807) is 0 Å². The van der Waals surface area contributed by atoms with Crippen molar-refractivity contribution in [3.63, 3.8) is 0 Å². The lowest BCUT2D eigenvalue weighted by Gasteiger charge is -2.22. The number of aliphatic hydroxyl groups is 1. The fourth-order valence-electron chi connectivity index (χ4n) is 1.05. The molecule has 4 nitrogen and oxygen atoms in total. The Morgan fingerprint density at radius 2 is 2.36 bits per heavy atom. The molecule has 1 atom stereocenters. The van der Waals surface area contributed by atoms with Crippen LogP contribution in [0.4, 0.5) is 4.39 Å². The molecule has 0 bridgehead atoms. The molecule has 5 heteroatoms. The normalized spacial score (nSPS) is 14.9. The molecule has 1 heterocycles. The third kappa shape index (κ3) is 2.00. The second-order valence-electron chi connectivity index (χ2n) is 3.18. The molecule has 1 aromatic rings. The largest absolute Gasteiger partial charge is 0.481 e. The predicted molar refractivity (Wildman–Crippen MR) is 49.4 cm³/mol. The molecule has 1 rings (SSSR count). The predicted octanol–water partition coefficient (Wildman–Crippen LogP) is 0.396. The zero-order chi connectivity index (χ0) is 10.8. The van der Waals surface area contributed by atoms with Crippen molar-refractivity contribution in [3.8, 4) is 5.88 Å². The number of nitrogens with zero attached hydrogens (tertiary/aromatic N) is 1. The van der Waals surface area contributed by atoms with Gasteiger partial charge in [0.15, 0.2) is 0 Å². The molecular formula is C9H13FN2O2. The van der Waals surface area contributed by atoms with Gasteiger partial charge in [-0.3, -0.25) is 0 Å². The molecule has 0 aliphatic heterocycles. The van der Waals surface area contributed by atoms with Crippen molar-refractivity contribution in [2.75, 3.05) is 13.7 Å². The van der Waals surface area contributed by atoms with E-state index in [1.165, 1.54) is 20.1 Å². The Kier molecular flexibility index (Phi) is 3.03. The molecule has 78 valence electrons. The highest BCUT2D eigenvalue weighted by atomic mass is 19.1. The van der Waals surface area contributed by atoms with Crippen LogP contribution in [0.15, 0.2) is 12.3 Å². The van der Waals surface area contributed by atoms with Crippen LogP contribution in [0.5, 0.6) is 5.88 Å². The first-order valence-electron chi connectivity index (χ1n) is 4.13. The minimum atomic E-state index is -1.40. The molecule has 1 unspecified atom stereocenters. The fourth-order valence-corrected chi connectivity index (χ4v) is 1.05. The maximum atomic E-state index is 13.3. The first-order chi connectivity index (χ1) is 6.51. The summed E-state index contributed by atoms with van der Waals surface area (Å²) in [4.78, 5) is 3.66. The summed E-state index contributed by atoms with van der Waals surface area (Å²) in [6.07, 6.45) is 0.998. The van der Waals surface area contributed by atoms with Gasteiger partial charge in [0.2, 0.25) is 5.88 Å². The van der Waals surface area contributed by atoms with Gasteiger partial charge in [0.05, 0.1) is 13.3 Å². The topological polar surface area (TPSA) is 68.4 Å². The average Bonchev–Trinajstić information content (AvgIpc) is 2.18. The number of hydrogen-bond donors (Lipinski definition) is 2. The van der Waals surface area contributed by atoms with Gasteiger partial charge in [0, 0.05) is 18.2 Å². The summed E-state index contributed by atoms with van der Waals surface area (Å²) in [5.74, 6) is -0.351. The zero-order valence-corrected chi connectivity index (χ0v) is 8.12. The number of hydrogen-bond acceptors (Lipinski definition) is 4. The molecule has 14 heavy (non-hydrogen) atoms.